The number of nitrogens with zero attached hydrogens (tertiary/aromatic N) is 3. The van der Waals surface area contributed by atoms with Crippen molar-refractivity contribution in [2.45, 2.75) is 0 Å². The third-order valence-electron chi connectivity index (χ3n) is 3.72. The molecule has 2 N–H and O–H groups in total. The van der Waals surface area contributed by atoms with Gasteiger partial charge in [0.1, 0.15) is 0 Å². The lowest BCUT2D eigenvalue weighted by molar-refractivity contribution is -0.660. The molecule has 2 aromatic heterocycles. The number of hydrogen-bond donors (Lipinski definition) is 2. The highest BCUT2D eigenvalue weighted by molar-refractivity contribution is 7.14. The molecule has 10 heteroatoms. The molecule has 0 amide bonds. The number of aromatic nitrogens is 3. The van der Waals surface area contributed by atoms with Crippen LogP contribution in [0.2, 0.25) is 10.0 Å². The molecule has 0 radical (unpaired) electrons. The molecule has 0 aliphatic carbocycles. The number of benzene rings is 2. The van der Waals surface area contributed by atoms with Gasteiger partial charge in [-0.1, -0.05) is 35.3 Å². The van der Waals surface area contributed by atoms with Gasteiger partial charge in [0.25, 0.3) is 0 Å². The standard InChI is InChI=1S/C18H11Cl2N5O2S/c19-12-3-1-11(2-4-12)9-21-23-18-22-15(10-28-18)16-17(26)27-24-25(16)14-7-5-13(20)6-8-14/h1-10H,(H-,22,23,24,26)/p+1/b21-9+. The first-order valence-corrected chi connectivity index (χ1v) is 9.64. The second kappa shape index (κ2) is 7.97. The van der Waals surface area contributed by atoms with Gasteiger partial charge >= 0.3 is 11.3 Å². The van der Waals surface area contributed by atoms with Crippen LogP contribution < -0.4 is 15.7 Å². The average molecular weight is 433 g/mol. The van der Waals surface area contributed by atoms with E-state index in [4.69, 9.17) is 27.7 Å². The number of anilines is 1. The molecule has 0 saturated carbocycles. The molecule has 0 atom stereocenters. The van der Waals surface area contributed by atoms with E-state index in [1.165, 1.54) is 16.0 Å². The van der Waals surface area contributed by atoms with E-state index in [1.54, 1.807) is 48.0 Å². The molecular weight excluding hydrogens is 421 g/mol. The van der Waals surface area contributed by atoms with E-state index in [-0.39, 0.29) is 5.69 Å². The number of rotatable bonds is 5. The van der Waals surface area contributed by atoms with Gasteiger partial charge in [-0.15, -0.1) is 11.3 Å². The molecule has 0 aliphatic rings. The molecule has 2 heterocycles. The number of halogens is 2. The van der Waals surface area contributed by atoms with Crippen LogP contribution in [-0.4, -0.2) is 16.5 Å². The highest BCUT2D eigenvalue weighted by atomic mass is 35.5. The summed E-state index contributed by atoms with van der Waals surface area (Å²) in [5, 5.41) is 10.3. The van der Waals surface area contributed by atoms with Crippen molar-refractivity contribution in [2.75, 3.05) is 5.43 Å². The summed E-state index contributed by atoms with van der Waals surface area (Å²) >= 11 is 13.1. The second-order valence-electron chi connectivity index (χ2n) is 5.60. The predicted molar refractivity (Wildman–Crippen MR) is 110 cm³/mol. The zero-order valence-corrected chi connectivity index (χ0v) is 16.4. The van der Waals surface area contributed by atoms with Crippen LogP contribution in [0.15, 0.2) is 68.3 Å². The van der Waals surface area contributed by atoms with E-state index >= 15 is 0 Å². The summed E-state index contributed by atoms with van der Waals surface area (Å²) in [6.45, 7) is 0. The average Bonchev–Trinajstić information content (AvgIpc) is 3.30. The fraction of sp³-hybridized carbons (Fsp3) is 0. The lowest BCUT2D eigenvalue weighted by Gasteiger charge is -1.95. The molecule has 2 aromatic carbocycles. The number of hydrazone groups is 1. The normalized spacial score (nSPS) is 11.2. The van der Waals surface area contributed by atoms with E-state index in [2.05, 4.69) is 20.8 Å². The van der Waals surface area contributed by atoms with E-state index in [0.717, 1.165) is 5.56 Å². The van der Waals surface area contributed by atoms with Gasteiger partial charge in [0.05, 0.1) is 6.21 Å². The maximum absolute atomic E-state index is 12.2. The van der Waals surface area contributed by atoms with Crippen LogP contribution in [0.5, 0.6) is 0 Å². The third kappa shape index (κ3) is 3.99. The fourth-order valence-corrected chi connectivity index (χ4v) is 3.30. The fourth-order valence-electron chi connectivity index (χ4n) is 2.41. The summed E-state index contributed by atoms with van der Waals surface area (Å²) in [6, 6.07) is 14.2. The van der Waals surface area contributed by atoms with Crippen LogP contribution in [0, 0.1) is 0 Å². The zero-order valence-electron chi connectivity index (χ0n) is 14.1. The quantitative estimate of drug-likeness (QED) is 0.282. The van der Waals surface area contributed by atoms with Gasteiger partial charge in [0, 0.05) is 27.6 Å². The van der Waals surface area contributed by atoms with E-state index < -0.39 is 5.63 Å². The zero-order chi connectivity index (χ0) is 19.5. The Labute approximate surface area is 172 Å². The van der Waals surface area contributed by atoms with E-state index in [9.17, 15) is 4.79 Å². The summed E-state index contributed by atoms with van der Waals surface area (Å²) in [5.41, 5.74) is 4.63. The van der Waals surface area contributed by atoms with Gasteiger partial charge in [-0.2, -0.15) is 5.10 Å². The monoisotopic (exact) mass is 432 g/mol. The number of nitrogens with one attached hydrogen (secondary N) is 2. The second-order valence-corrected chi connectivity index (χ2v) is 7.33. The Kier molecular flexibility index (Phi) is 5.25. The highest BCUT2D eigenvalue weighted by Crippen LogP contribution is 2.22. The molecule has 140 valence electrons. The van der Waals surface area contributed by atoms with Crippen LogP contribution in [0.25, 0.3) is 17.1 Å². The van der Waals surface area contributed by atoms with Crippen molar-refractivity contribution in [1.82, 2.24) is 10.3 Å². The van der Waals surface area contributed by atoms with Gasteiger partial charge in [-0.3, -0.25) is 9.95 Å². The van der Waals surface area contributed by atoms with E-state index in [0.29, 0.717) is 26.6 Å². The van der Waals surface area contributed by atoms with Crippen molar-refractivity contribution >= 4 is 45.9 Å². The molecule has 0 fully saturated rings. The molecule has 7 nitrogen and oxygen atoms in total. The summed E-state index contributed by atoms with van der Waals surface area (Å²) in [4.78, 5) is 16.6. The number of H-pyrrole nitrogens is 1. The number of aromatic amines is 1. The minimum Gasteiger partial charge on any atom is -0.282 e. The Morgan fingerprint density at radius 2 is 1.79 bits per heavy atom. The maximum Gasteiger partial charge on any atom is 0.437 e. The summed E-state index contributed by atoms with van der Waals surface area (Å²) < 4.78 is 6.45. The van der Waals surface area contributed by atoms with Gasteiger partial charge in [-0.05, 0) is 39.8 Å². The molecule has 0 aliphatic heterocycles. The Bertz CT molecular complexity index is 1180. The Morgan fingerprint density at radius 1 is 1.11 bits per heavy atom. The Hall–Kier alpha value is -2.94. The summed E-state index contributed by atoms with van der Waals surface area (Å²) in [6.07, 6.45) is 1.65. The first kappa shape index (κ1) is 18.4. The van der Waals surface area contributed by atoms with Crippen molar-refractivity contribution in [3.63, 3.8) is 0 Å². The lowest BCUT2D eigenvalue weighted by Crippen LogP contribution is -2.36. The van der Waals surface area contributed by atoms with Crippen LogP contribution >= 0.6 is 34.5 Å². The van der Waals surface area contributed by atoms with Crippen molar-refractivity contribution in [1.29, 1.82) is 0 Å². The van der Waals surface area contributed by atoms with Gasteiger partial charge < -0.3 is 0 Å². The molecule has 4 aromatic rings. The SMILES string of the molecule is O=c1o[nH][n+](-c2ccc(Cl)cc2)c1-c1csc(N/N=C/c2ccc(Cl)cc2)n1. The largest absolute Gasteiger partial charge is 0.437 e. The summed E-state index contributed by atoms with van der Waals surface area (Å²) in [7, 11) is 0. The molecule has 0 saturated heterocycles. The molecule has 0 bridgehead atoms. The molecule has 4 rings (SSSR count). The molecular formula is C18H12Cl2N5O2S+. The molecule has 28 heavy (non-hydrogen) atoms. The Morgan fingerprint density at radius 3 is 2.50 bits per heavy atom. The molecule has 0 unspecified atom stereocenters. The minimum atomic E-state index is -0.531. The van der Waals surface area contributed by atoms with Crippen LogP contribution in [0.1, 0.15) is 5.56 Å². The smallest absolute Gasteiger partial charge is 0.282 e. The van der Waals surface area contributed by atoms with Crippen molar-refractivity contribution in [2.24, 2.45) is 5.10 Å². The predicted octanol–water partition coefficient (Wildman–Crippen LogP) is 4.12. The van der Waals surface area contributed by atoms with Gasteiger partial charge in [0.2, 0.25) is 10.8 Å². The van der Waals surface area contributed by atoms with Crippen LogP contribution in [0.4, 0.5) is 5.13 Å². The maximum atomic E-state index is 12.2. The van der Waals surface area contributed by atoms with Crippen LogP contribution in [-0.2, 0) is 0 Å². The van der Waals surface area contributed by atoms with Crippen molar-refractivity contribution < 1.29 is 9.20 Å². The minimum absolute atomic E-state index is 0.272. The first-order chi connectivity index (χ1) is 13.6. The van der Waals surface area contributed by atoms with E-state index in [1.807, 2.05) is 12.1 Å². The summed E-state index contributed by atoms with van der Waals surface area (Å²) in [5.74, 6) is 0. The van der Waals surface area contributed by atoms with Crippen molar-refractivity contribution in [3.05, 3.63) is 79.9 Å². The third-order valence-corrected chi connectivity index (χ3v) is 4.97. The molecule has 0 spiro atoms. The topological polar surface area (TPSA) is 87.2 Å². The van der Waals surface area contributed by atoms with Crippen LogP contribution in [0.3, 0.4) is 0 Å². The Balaban J connectivity index is 1.56. The van der Waals surface area contributed by atoms with Crippen molar-refractivity contribution in [3.8, 4) is 17.1 Å². The van der Waals surface area contributed by atoms with Gasteiger partial charge in [0.15, 0.2) is 5.69 Å². The van der Waals surface area contributed by atoms with Gasteiger partial charge in [-0.25, -0.2) is 9.78 Å². The first-order valence-electron chi connectivity index (χ1n) is 8.00. The number of hydrogen-bond acceptors (Lipinski definition) is 6. The highest BCUT2D eigenvalue weighted by Gasteiger charge is 2.27. The lowest BCUT2D eigenvalue weighted by atomic mass is 10.2. The number of thiazole rings is 1.